The molecule has 0 radical (unpaired) electrons. The van der Waals surface area contributed by atoms with Gasteiger partial charge in [0.1, 0.15) is 12.3 Å². The third-order valence-electron chi connectivity index (χ3n) is 3.97. The van der Waals surface area contributed by atoms with Gasteiger partial charge in [0.05, 0.1) is 12.5 Å². The van der Waals surface area contributed by atoms with Crippen LogP contribution in [-0.4, -0.2) is 17.6 Å². The van der Waals surface area contributed by atoms with E-state index < -0.39 is 0 Å². The monoisotopic (exact) mass is 356 g/mol. The number of methoxy groups -OCH3 is 1. The summed E-state index contributed by atoms with van der Waals surface area (Å²) < 4.78 is 6.63. The molecular weight excluding hydrogens is 340 g/mol. The van der Waals surface area contributed by atoms with Gasteiger partial charge in [-0.25, -0.2) is 0 Å². The van der Waals surface area contributed by atoms with Crippen LogP contribution in [0.1, 0.15) is 5.56 Å². The van der Waals surface area contributed by atoms with Gasteiger partial charge >= 0.3 is 0 Å². The molecular formula is C19H17ClN2O3. The highest BCUT2D eigenvalue weighted by Gasteiger charge is 2.10. The van der Waals surface area contributed by atoms with Crippen molar-refractivity contribution in [3.63, 3.8) is 0 Å². The van der Waals surface area contributed by atoms with E-state index in [1.165, 1.54) is 4.57 Å². The molecule has 0 aliphatic carbocycles. The van der Waals surface area contributed by atoms with Crippen LogP contribution in [0.4, 0.5) is 5.69 Å². The maximum atomic E-state index is 12.6. The number of halogens is 1. The minimum Gasteiger partial charge on any atom is -0.496 e. The summed E-state index contributed by atoms with van der Waals surface area (Å²) in [5.41, 5.74) is 1.28. The summed E-state index contributed by atoms with van der Waals surface area (Å²) in [6, 6.07) is 12.3. The fourth-order valence-electron chi connectivity index (χ4n) is 2.62. The average Bonchev–Trinajstić information content (AvgIpc) is 2.60. The molecule has 0 spiro atoms. The molecule has 0 saturated carbocycles. The molecule has 1 aromatic heterocycles. The number of carbonyl (C=O) groups excluding carboxylic acids is 1. The van der Waals surface area contributed by atoms with Crippen LogP contribution < -0.4 is 15.6 Å². The Morgan fingerprint density at radius 3 is 2.72 bits per heavy atom. The molecule has 5 nitrogen and oxygen atoms in total. The highest BCUT2D eigenvalue weighted by molar-refractivity contribution is 6.31. The van der Waals surface area contributed by atoms with Crippen LogP contribution in [0.15, 0.2) is 53.5 Å². The number of amides is 1. The fourth-order valence-corrected chi connectivity index (χ4v) is 2.80. The van der Waals surface area contributed by atoms with E-state index in [-0.39, 0.29) is 18.0 Å². The second-order valence-corrected chi connectivity index (χ2v) is 6.09. The van der Waals surface area contributed by atoms with Gasteiger partial charge in [-0.15, -0.1) is 0 Å². The molecule has 0 aliphatic heterocycles. The Balaban J connectivity index is 1.85. The van der Waals surface area contributed by atoms with Crippen molar-refractivity contribution in [3.8, 4) is 5.75 Å². The first-order chi connectivity index (χ1) is 12.0. The predicted octanol–water partition coefficient (Wildman–Crippen LogP) is 3.61. The number of hydrogen-bond acceptors (Lipinski definition) is 3. The van der Waals surface area contributed by atoms with Gasteiger partial charge in [0.15, 0.2) is 0 Å². The minimum absolute atomic E-state index is 0.0858. The predicted molar refractivity (Wildman–Crippen MR) is 99.6 cm³/mol. The molecule has 0 fully saturated rings. The van der Waals surface area contributed by atoms with E-state index in [0.29, 0.717) is 21.8 Å². The van der Waals surface area contributed by atoms with Crippen molar-refractivity contribution in [1.82, 2.24) is 4.57 Å². The maximum absolute atomic E-state index is 12.6. The number of rotatable bonds is 4. The minimum atomic E-state index is -0.302. The zero-order valence-corrected chi connectivity index (χ0v) is 14.6. The lowest BCUT2D eigenvalue weighted by Crippen LogP contribution is -2.27. The molecule has 0 unspecified atom stereocenters. The normalized spacial score (nSPS) is 10.7. The largest absolute Gasteiger partial charge is 0.496 e. The fraction of sp³-hybridized carbons (Fsp3) is 0.158. The number of fused-ring (bicyclic) bond motifs is 1. The van der Waals surface area contributed by atoms with Crippen molar-refractivity contribution in [2.45, 2.75) is 13.5 Å². The first-order valence-electron chi connectivity index (χ1n) is 7.72. The zero-order valence-electron chi connectivity index (χ0n) is 13.9. The number of nitrogens with zero attached hydrogens (tertiary/aromatic N) is 1. The molecule has 25 heavy (non-hydrogen) atoms. The summed E-state index contributed by atoms with van der Waals surface area (Å²) in [4.78, 5) is 24.8. The van der Waals surface area contributed by atoms with Gasteiger partial charge in [0.25, 0.3) is 5.56 Å². The number of benzene rings is 2. The Labute approximate surface area is 149 Å². The molecule has 0 atom stereocenters. The number of carbonyl (C=O) groups is 1. The molecule has 3 aromatic rings. The quantitative estimate of drug-likeness (QED) is 0.776. The van der Waals surface area contributed by atoms with Crippen molar-refractivity contribution in [2.75, 3.05) is 12.4 Å². The summed E-state index contributed by atoms with van der Waals surface area (Å²) >= 11 is 6.06. The lowest BCUT2D eigenvalue weighted by atomic mass is 10.1. The van der Waals surface area contributed by atoms with Gasteiger partial charge in [-0.2, -0.15) is 0 Å². The lowest BCUT2D eigenvalue weighted by molar-refractivity contribution is -0.116. The Kier molecular flexibility index (Phi) is 4.76. The second kappa shape index (κ2) is 6.99. The summed E-state index contributed by atoms with van der Waals surface area (Å²) in [6.07, 6.45) is 1.59. The number of anilines is 1. The maximum Gasteiger partial charge on any atom is 0.259 e. The van der Waals surface area contributed by atoms with Crippen LogP contribution in [-0.2, 0) is 11.3 Å². The van der Waals surface area contributed by atoms with Crippen LogP contribution in [0, 0.1) is 6.92 Å². The van der Waals surface area contributed by atoms with E-state index in [1.54, 1.807) is 49.7 Å². The van der Waals surface area contributed by atoms with E-state index in [4.69, 9.17) is 16.3 Å². The van der Waals surface area contributed by atoms with Gasteiger partial charge < -0.3 is 14.6 Å². The van der Waals surface area contributed by atoms with Gasteiger partial charge in [-0.05, 0) is 42.8 Å². The lowest BCUT2D eigenvalue weighted by Gasteiger charge is -2.10. The molecule has 128 valence electrons. The highest BCUT2D eigenvalue weighted by atomic mass is 35.5. The van der Waals surface area contributed by atoms with Gasteiger partial charge in [-0.3, -0.25) is 9.59 Å². The molecule has 1 heterocycles. The van der Waals surface area contributed by atoms with Crippen molar-refractivity contribution in [1.29, 1.82) is 0 Å². The number of aryl methyl sites for hydroxylation is 1. The number of nitrogens with one attached hydrogen (secondary N) is 1. The SMILES string of the molecule is COc1cccc2c(=O)n(CC(=O)Nc3ccc(C)c(Cl)c3)ccc12. The van der Waals surface area contributed by atoms with Crippen LogP contribution in [0.3, 0.4) is 0 Å². The smallest absolute Gasteiger partial charge is 0.259 e. The molecule has 1 amide bonds. The number of pyridine rings is 1. The number of aromatic nitrogens is 1. The van der Waals surface area contributed by atoms with E-state index in [1.807, 2.05) is 13.0 Å². The first kappa shape index (κ1) is 17.0. The Morgan fingerprint density at radius 2 is 2.00 bits per heavy atom. The zero-order chi connectivity index (χ0) is 18.0. The van der Waals surface area contributed by atoms with Crippen molar-refractivity contribution in [3.05, 3.63) is 69.6 Å². The van der Waals surface area contributed by atoms with Gasteiger partial charge in [0.2, 0.25) is 5.91 Å². The third kappa shape index (κ3) is 3.51. The molecule has 0 bridgehead atoms. The van der Waals surface area contributed by atoms with Crippen LogP contribution in [0.25, 0.3) is 10.8 Å². The van der Waals surface area contributed by atoms with Gasteiger partial charge in [0, 0.05) is 22.3 Å². The van der Waals surface area contributed by atoms with E-state index in [2.05, 4.69) is 5.32 Å². The van der Waals surface area contributed by atoms with Crippen LogP contribution in [0.5, 0.6) is 5.75 Å². The Morgan fingerprint density at radius 1 is 1.20 bits per heavy atom. The average molecular weight is 357 g/mol. The Hall–Kier alpha value is -2.79. The van der Waals surface area contributed by atoms with Crippen molar-refractivity contribution >= 4 is 34.0 Å². The molecule has 3 rings (SSSR count). The number of ether oxygens (including phenoxy) is 1. The van der Waals surface area contributed by atoms with E-state index in [9.17, 15) is 9.59 Å². The summed E-state index contributed by atoms with van der Waals surface area (Å²) in [7, 11) is 1.56. The Bertz CT molecular complexity index is 1010. The van der Waals surface area contributed by atoms with E-state index >= 15 is 0 Å². The topological polar surface area (TPSA) is 60.3 Å². The summed E-state index contributed by atoms with van der Waals surface area (Å²) in [5, 5.41) is 4.55. The number of hydrogen-bond donors (Lipinski definition) is 1. The summed E-state index contributed by atoms with van der Waals surface area (Å²) in [6.45, 7) is 1.80. The highest BCUT2D eigenvalue weighted by Crippen LogP contribution is 2.22. The van der Waals surface area contributed by atoms with Crippen molar-refractivity contribution < 1.29 is 9.53 Å². The standard InChI is InChI=1S/C19H17ClN2O3/c1-12-6-7-13(10-16(12)20)21-18(23)11-22-9-8-14-15(19(22)24)4-3-5-17(14)25-2/h3-10H,11H2,1-2H3,(H,21,23). The van der Waals surface area contributed by atoms with Gasteiger partial charge in [-0.1, -0.05) is 23.7 Å². The molecule has 6 heteroatoms. The molecule has 0 saturated heterocycles. The second-order valence-electron chi connectivity index (χ2n) is 5.68. The molecule has 0 aliphatic rings. The van der Waals surface area contributed by atoms with Crippen molar-refractivity contribution in [2.24, 2.45) is 0 Å². The molecule has 2 aromatic carbocycles. The summed E-state index contributed by atoms with van der Waals surface area (Å²) in [5.74, 6) is 0.324. The first-order valence-corrected chi connectivity index (χ1v) is 8.09. The van der Waals surface area contributed by atoms with E-state index in [0.717, 1.165) is 10.9 Å². The third-order valence-corrected chi connectivity index (χ3v) is 4.38. The van der Waals surface area contributed by atoms with Crippen LogP contribution in [0.2, 0.25) is 5.02 Å². The molecule has 1 N–H and O–H groups in total. The van der Waals surface area contributed by atoms with Crippen LogP contribution >= 0.6 is 11.6 Å².